The summed E-state index contributed by atoms with van der Waals surface area (Å²) in [6.45, 7) is 5.89. The quantitative estimate of drug-likeness (QED) is 0.175. The second-order valence-corrected chi connectivity index (χ2v) is 7.97. The van der Waals surface area contributed by atoms with E-state index >= 15 is 0 Å². The lowest BCUT2D eigenvalue weighted by Gasteiger charge is -2.08. The van der Waals surface area contributed by atoms with Gasteiger partial charge in [0.2, 0.25) is 0 Å². The van der Waals surface area contributed by atoms with Gasteiger partial charge in [0.15, 0.2) is 11.4 Å². The van der Waals surface area contributed by atoms with Crippen molar-refractivity contribution in [2.45, 2.75) is 27.2 Å². The summed E-state index contributed by atoms with van der Waals surface area (Å²) in [5.74, 6) is -0.0416. The zero-order valence-electron chi connectivity index (χ0n) is 19.4. The van der Waals surface area contributed by atoms with E-state index in [2.05, 4.69) is 15.3 Å². The summed E-state index contributed by atoms with van der Waals surface area (Å²) in [5.41, 5.74) is 4.42. The van der Waals surface area contributed by atoms with Gasteiger partial charge >= 0.3 is 6.16 Å². The van der Waals surface area contributed by atoms with Gasteiger partial charge in [0.05, 0.1) is 11.4 Å². The fourth-order valence-electron chi connectivity index (χ4n) is 3.65. The van der Waals surface area contributed by atoms with Crippen molar-refractivity contribution in [3.63, 3.8) is 0 Å². The number of nitrogens with one attached hydrogen (secondary N) is 1. The number of ether oxygens (including phenoxy) is 1. The first-order chi connectivity index (χ1) is 16.8. The number of hydrogen-bond donors (Lipinski definition) is 3. The molecule has 1 heterocycles. The minimum atomic E-state index is -1.43. The molecule has 0 aliphatic heterocycles. The van der Waals surface area contributed by atoms with Crippen LogP contribution in [0.1, 0.15) is 23.7 Å². The SMILES string of the molecule is CCc1[nH]n(-c2ccc(C)c(C)c2)c(=O)c1N=Nc1cccc(-c2cccc(OC(=O)O)c2)c1O. The number of carbonyl (C=O) groups is 1. The van der Waals surface area contributed by atoms with Gasteiger partial charge in [-0.3, -0.25) is 9.89 Å². The normalized spacial score (nSPS) is 11.2. The van der Waals surface area contributed by atoms with E-state index in [1.807, 2.05) is 39.0 Å². The van der Waals surface area contributed by atoms with Gasteiger partial charge in [-0.2, -0.15) is 0 Å². The molecule has 0 aliphatic rings. The van der Waals surface area contributed by atoms with Crippen LogP contribution in [0.25, 0.3) is 16.8 Å². The van der Waals surface area contributed by atoms with Crippen LogP contribution in [0.4, 0.5) is 16.2 Å². The molecule has 0 amide bonds. The standard InChI is InChI=1S/C26H24N4O5/c1-4-21-23(25(32)30(29-21)18-12-11-15(2)16(3)13-18)28-27-22-10-6-9-20(24(22)31)17-7-5-8-19(14-17)35-26(33)34/h5-14,29,31H,4H2,1-3H3,(H,33,34). The number of carboxylic acid groups (broad SMARTS) is 1. The molecule has 0 saturated carbocycles. The van der Waals surface area contributed by atoms with Gasteiger partial charge in [0.1, 0.15) is 11.4 Å². The van der Waals surface area contributed by atoms with Crippen LogP contribution in [0.3, 0.4) is 0 Å². The average molecular weight is 473 g/mol. The van der Waals surface area contributed by atoms with E-state index in [4.69, 9.17) is 9.84 Å². The second-order valence-electron chi connectivity index (χ2n) is 7.97. The lowest BCUT2D eigenvalue weighted by atomic mass is 10.0. The molecule has 0 fully saturated rings. The van der Waals surface area contributed by atoms with Gasteiger partial charge in [-0.1, -0.05) is 37.3 Å². The highest BCUT2D eigenvalue weighted by Crippen LogP contribution is 2.38. The third-order valence-corrected chi connectivity index (χ3v) is 5.66. The maximum Gasteiger partial charge on any atom is 0.511 e. The van der Waals surface area contributed by atoms with E-state index in [9.17, 15) is 14.7 Å². The number of H-pyrrole nitrogens is 1. The van der Waals surface area contributed by atoms with Gasteiger partial charge in [0, 0.05) is 5.56 Å². The van der Waals surface area contributed by atoms with Crippen molar-refractivity contribution in [1.82, 2.24) is 9.78 Å². The molecule has 3 N–H and O–H groups in total. The smallest absolute Gasteiger partial charge is 0.505 e. The van der Waals surface area contributed by atoms with Crippen molar-refractivity contribution in [2.24, 2.45) is 10.2 Å². The highest BCUT2D eigenvalue weighted by Gasteiger charge is 2.16. The number of aromatic nitrogens is 2. The molecular weight excluding hydrogens is 448 g/mol. The summed E-state index contributed by atoms with van der Waals surface area (Å²) in [5, 5.41) is 31.1. The molecule has 9 nitrogen and oxygen atoms in total. The summed E-state index contributed by atoms with van der Waals surface area (Å²) in [6.07, 6.45) is -0.900. The van der Waals surface area contributed by atoms with Crippen LogP contribution in [-0.2, 0) is 6.42 Å². The number of azo groups is 1. The molecule has 4 rings (SSSR count). The Hall–Kier alpha value is -4.66. The number of benzene rings is 3. The summed E-state index contributed by atoms with van der Waals surface area (Å²) in [4.78, 5) is 24.0. The van der Waals surface area contributed by atoms with Crippen LogP contribution in [-0.4, -0.2) is 26.1 Å². The van der Waals surface area contributed by atoms with Crippen molar-refractivity contribution in [3.05, 3.63) is 87.8 Å². The first kappa shape index (κ1) is 23.5. The molecule has 9 heteroatoms. The Morgan fingerprint density at radius 2 is 1.80 bits per heavy atom. The maximum absolute atomic E-state index is 13.1. The van der Waals surface area contributed by atoms with E-state index < -0.39 is 6.16 Å². The minimum Gasteiger partial charge on any atom is -0.505 e. The number of phenolic OH excluding ortho intramolecular Hbond substituents is 1. The molecule has 0 spiro atoms. The van der Waals surface area contributed by atoms with Gasteiger partial charge in [-0.25, -0.2) is 9.48 Å². The number of hydrogen-bond acceptors (Lipinski definition) is 6. The second kappa shape index (κ2) is 9.68. The van der Waals surface area contributed by atoms with E-state index in [1.165, 1.54) is 16.8 Å². The van der Waals surface area contributed by atoms with Crippen LogP contribution < -0.4 is 10.3 Å². The number of para-hydroxylation sites is 1. The summed E-state index contributed by atoms with van der Waals surface area (Å²) in [6, 6.07) is 16.9. The number of rotatable bonds is 6. The Bertz CT molecular complexity index is 1500. The minimum absolute atomic E-state index is 0.119. The number of aromatic amines is 1. The van der Waals surface area contributed by atoms with Gasteiger partial charge in [-0.05, 0) is 67.3 Å². The van der Waals surface area contributed by atoms with Crippen LogP contribution >= 0.6 is 0 Å². The van der Waals surface area contributed by atoms with Crippen LogP contribution in [0.2, 0.25) is 0 Å². The molecule has 0 radical (unpaired) electrons. The third kappa shape index (κ3) is 4.84. The molecule has 0 bridgehead atoms. The van der Waals surface area contributed by atoms with Crippen LogP contribution in [0, 0.1) is 13.8 Å². The molecule has 0 aliphatic carbocycles. The lowest BCUT2D eigenvalue weighted by molar-refractivity contribution is 0.144. The predicted octanol–water partition coefficient (Wildman–Crippen LogP) is 6.19. The topological polar surface area (TPSA) is 129 Å². The van der Waals surface area contributed by atoms with Crippen LogP contribution in [0.15, 0.2) is 75.7 Å². The molecule has 35 heavy (non-hydrogen) atoms. The summed E-state index contributed by atoms with van der Waals surface area (Å²) in [7, 11) is 0. The molecule has 4 aromatic rings. The van der Waals surface area contributed by atoms with Crippen molar-refractivity contribution >= 4 is 17.5 Å². The molecule has 0 atom stereocenters. The highest BCUT2D eigenvalue weighted by molar-refractivity contribution is 5.77. The molecule has 0 unspecified atom stereocenters. The number of nitrogens with zero attached hydrogens (tertiary/aromatic N) is 3. The number of aryl methyl sites for hydroxylation is 3. The zero-order chi connectivity index (χ0) is 25.1. The summed E-state index contributed by atoms with van der Waals surface area (Å²) < 4.78 is 6.13. The third-order valence-electron chi connectivity index (χ3n) is 5.66. The molecule has 178 valence electrons. The lowest BCUT2D eigenvalue weighted by Crippen LogP contribution is -2.14. The monoisotopic (exact) mass is 472 g/mol. The van der Waals surface area contributed by atoms with E-state index in [0.717, 1.165) is 11.1 Å². The fourth-order valence-corrected chi connectivity index (χ4v) is 3.65. The Labute approximate surface area is 201 Å². The summed E-state index contributed by atoms with van der Waals surface area (Å²) >= 11 is 0. The first-order valence-electron chi connectivity index (χ1n) is 10.9. The van der Waals surface area contributed by atoms with Gasteiger partial charge in [-0.15, -0.1) is 10.2 Å². The van der Waals surface area contributed by atoms with Crippen LogP contribution in [0.5, 0.6) is 11.5 Å². The maximum atomic E-state index is 13.1. The first-order valence-corrected chi connectivity index (χ1v) is 10.9. The van der Waals surface area contributed by atoms with E-state index in [0.29, 0.717) is 28.9 Å². The number of phenols is 1. The number of aromatic hydroxyl groups is 1. The van der Waals surface area contributed by atoms with E-state index in [1.54, 1.807) is 30.3 Å². The highest BCUT2D eigenvalue weighted by atomic mass is 16.7. The Kier molecular flexibility index (Phi) is 6.50. The predicted molar refractivity (Wildman–Crippen MR) is 132 cm³/mol. The molecule has 3 aromatic carbocycles. The average Bonchev–Trinajstić information content (AvgIpc) is 3.15. The Balaban J connectivity index is 1.71. The van der Waals surface area contributed by atoms with Gasteiger partial charge < -0.3 is 14.9 Å². The van der Waals surface area contributed by atoms with Crippen molar-refractivity contribution in [2.75, 3.05) is 0 Å². The molecule has 1 aromatic heterocycles. The molecular formula is C26H24N4O5. The van der Waals surface area contributed by atoms with Gasteiger partial charge in [0.25, 0.3) is 5.56 Å². The Morgan fingerprint density at radius 3 is 2.51 bits per heavy atom. The molecule has 0 saturated heterocycles. The van der Waals surface area contributed by atoms with Crippen molar-refractivity contribution in [3.8, 4) is 28.3 Å². The fraction of sp³-hybridized carbons (Fsp3) is 0.154. The van der Waals surface area contributed by atoms with Crippen molar-refractivity contribution < 1.29 is 19.7 Å². The Morgan fingerprint density at radius 1 is 1.03 bits per heavy atom. The van der Waals surface area contributed by atoms with Crippen molar-refractivity contribution in [1.29, 1.82) is 0 Å². The van der Waals surface area contributed by atoms with E-state index in [-0.39, 0.29) is 28.4 Å². The zero-order valence-corrected chi connectivity index (χ0v) is 19.4. The largest absolute Gasteiger partial charge is 0.511 e.